The summed E-state index contributed by atoms with van der Waals surface area (Å²) in [5, 5.41) is 3.04. The smallest absolute Gasteiger partial charge is 0.224 e. The van der Waals surface area contributed by atoms with E-state index in [-0.39, 0.29) is 12.4 Å². The lowest BCUT2D eigenvalue weighted by Crippen LogP contribution is -2.52. The van der Waals surface area contributed by atoms with Crippen LogP contribution in [0.15, 0.2) is 0 Å². The molecule has 0 aromatic heterocycles. The van der Waals surface area contributed by atoms with Crippen molar-refractivity contribution in [1.29, 1.82) is 0 Å². The second-order valence-electron chi connectivity index (χ2n) is 4.77. The van der Waals surface area contributed by atoms with E-state index in [0.717, 1.165) is 39.1 Å². The van der Waals surface area contributed by atoms with E-state index in [1.165, 1.54) is 6.42 Å². The molecule has 2 aliphatic heterocycles. The van der Waals surface area contributed by atoms with Crippen LogP contribution in [0.3, 0.4) is 0 Å². The van der Waals surface area contributed by atoms with Gasteiger partial charge in [0.15, 0.2) is 0 Å². The molecule has 100 valence electrons. The van der Waals surface area contributed by atoms with Crippen LogP contribution in [0.4, 0.5) is 0 Å². The van der Waals surface area contributed by atoms with Crippen molar-refractivity contribution in [1.82, 2.24) is 10.2 Å². The van der Waals surface area contributed by atoms with E-state index in [4.69, 9.17) is 4.74 Å². The summed E-state index contributed by atoms with van der Waals surface area (Å²) in [6, 6.07) is 0.451. The monoisotopic (exact) mass is 262 g/mol. The molecular formula is C12H23ClN2O2. The summed E-state index contributed by atoms with van der Waals surface area (Å²) in [6.45, 7) is 3.39. The standard InChI is InChI=1S/C12H22N2O2.ClH/c1-13-6-4-12(15)14-7-2-3-10-9-16-8-5-11(10)14;/h10-11,13H,2-9H2,1H3;1H. The van der Waals surface area contributed by atoms with Gasteiger partial charge >= 0.3 is 0 Å². The Labute approximate surface area is 109 Å². The number of piperidine rings is 1. The Morgan fingerprint density at radius 3 is 3.06 bits per heavy atom. The Hall–Kier alpha value is -0.320. The van der Waals surface area contributed by atoms with Gasteiger partial charge in [0.25, 0.3) is 0 Å². The summed E-state index contributed by atoms with van der Waals surface area (Å²) < 4.78 is 5.50. The van der Waals surface area contributed by atoms with Crippen molar-refractivity contribution < 1.29 is 9.53 Å². The van der Waals surface area contributed by atoms with E-state index in [9.17, 15) is 4.79 Å². The van der Waals surface area contributed by atoms with Gasteiger partial charge < -0.3 is 15.0 Å². The van der Waals surface area contributed by atoms with Crippen molar-refractivity contribution in [2.24, 2.45) is 5.92 Å². The van der Waals surface area contributed by atoms with Gasteiger partial charge in [-0.25, -0.2) is 0 Å². The van der Waals surface area contributed by atoms with Gasteiger partial charge in [0.1, 0.15) is 0 Å². The quantitative estimate of drug-likeness (QED) is 0.827. The summed E-state index contributed by atoms with van der Waals surface area (Å²) in [5.41, 5.74) is 0. The highest BCUT2D eigenvalue weighted by molar-refractivity contribution is 5.85. The second kappa shape index (κ2) is 7.19. The van der Waals surface area contributed by atoms with Crippen molar-refractivity contribution in [3.8, 4) is 0 Å². The Balaban J connectivity index is 0.00000144. The number of amides is 1. The van der Waals surface area contributed by atoms with E-state index in [1.54, 1.807) is 0 Å². The summed E-state index contributed by atoms with van der Waals surface area (Å²) in [7, 11) is 1.89. The lowest BCUT2D eigenvalue weighted by Gasteiger charge is -2.44. The van der Waals surface area contributed by atoms with Crippen LogP contribution in [0.25, 0.3) is 0 Å². The number of nitrogens with zero attached hydrogens (tertiary/aromatic N) is 1. The number of hydrogen-bond acceptors (Lipinski definition) is 3. The molecular weight excluding hydrogens is 240 g/mol. The van der Waals surface area contributed by atoms with E-state index in [0.29, 0.717) is 24.3 Å². The number of likely N-dealkylation sites (tertiary alicyclic amines) is 1. The van der Waals surface area contributed by atoms with Gasteiger partial charge in [-0.1, -0.05) is 0 Å². The number of hydrogen-bond donors (Lipinski definition) is 1. The average molecular weight is 263 g/mol. The summed E-state index contributed by atoms with van der Waals surface area (Å²) in [5.74, 6) is 0.895. The van der Waals surface area contributed by atoms with E-state index < -0.39 is 0 Å². The molecule has 5 heteroatoms. The summed E-state index contributed by atoms with van der Waals surface area (Å²) in [4.78, 5) is 14.2. The van der Waals surface area contributed by atoms with Crippen LogP contribution < -0.4 is 5.32 Å². The van der Waals surface area contributed by atoms with Gasteiger partial charge in [0.2, 0.25) is 5.91 Å². The largest absolute Gasteiger partial charge is 0.381 e. The minimum Gasteiger partial charge on any atom is -0.381 e. The third-order valence-corrected chi connectivity index (χ3v) is 3.72. The molecule has 0 aromatic carbocycles. The maximum Gasteiger partial charge on any atom is 0.224 e. The first-order chi connectivity index (χ1) is 7.83. The third kappa shape index (κ3) is 3.57. The molecule has 0 aliphatic carbocycles. The highest BCUT2D eigenvalue weighted by Crippen LogP contribution is 2.29. The highest BCUT2D eigenvalue weighted by Gasteiger charge is 2.35. The molecule has 2 heterocycles. The molecule has 4 nitrogen and oxygen atoms in total. The van der Waals surface area contributed by atoms with Crippen LogP contribution in [-0.2, 0) is 9.53 Å². The van der Waals surface area contributed by atoms with E-state index >= 15 is 0 Å². The van der Waals surface area contributed by atoms with Gasteiger partial charge in [-0.15, -0.1) is 12.4 Å². The molecule has 2 saturated heterocycles. The molecule has 2 atom stereocenters. The fourth-order valence-electron chi connectivity index (χ4n) is 2.85. The topological polar surface area (TPSA) is 41.6 Å². The molecule has 0 spiro atoms. The SMILES string of the molecule is CNCCC(=O)N1CCCC2COCCC21.Cl. The first kappa shape index (κ1) is 14.7. The molecule has 2 rings (SSSR count). The normalized spacial score (nSPS) is 28.2. The molecule has 1 amide bonds. The number of nitrogens with one attached hydrogen (secondary N) is 1. The zero-order valence-corrected chi connectivity index (χ0v) is 11.3. The minimum atomic E-state index is 0. The fourth-order valence-corrected chi connectivity index (χ4v) is 2.85. The predicted molar refractivity (Wildman–Crippen MR) is 69.5 cm³/mol. The first-order valence-electron chi connectivity index (χ1n) is 6.34. The van der Waals surface area contributed by atoms with Crippen molar-refractivity contribution in [3.63, 3.8) is 0 Å². The fraction of sp³-hybridized carbons (Fsp3) is 0.917. The third-order valence-electron chi connectivity index (χ3n) is 3.72. The van der Waals surface area contributed by atoms with Gasteiger partial charge in [0, 0.05) is 38.1 Å². The van der Waals surface area contributed by atoms with Gasteiger partial charge in [0.05, 0.1) is 6.61 Å². The molecule has 2 unspecified atom stereocenters. The highest BCUT2D eigenvalue weighted by atomic mass is 35.5. The molecule has 0 aromatic rings. The first-order valence-corrected chi connectivity index (χ1v) is 6.34. The molecule has 17 heavy (non-hydrogen) atoms. The van der Waals surface area contributed by atoms with Gasteiger partial charge in [-0.05, 0) is 26.3 Å². The number of carbonyl (C=O) groups excluding carboxylic acids is 1. The number of ether oxygens (including phenoxy) is 1. The molecule has 2 aliphatic rings. The Bertz CT molecular complexity index is 249. The zero-order valence-electron chi connectivity index (χ0n) is 10.5. The summed E-state index contributed by atoms with van der Waals surface area (Å²) in [6.07, 6.45) is 4.01. The summed E-state index contributed by atoms with van der Waals surface area (Å²) >= 11 is 0. The van der Waals surface area contributed by atoms with Crippen LogP contribution in [0.5, 0.6) is 0 Å². The van der Waals surface area contributed by atoms with Crippen molar-refractivity contribution in [2.75, 3.05) is 33.4 Å². The number of halogens is 1. The van der Waals surface area contributed by atoms with Crippen LogP contribution in [-0.4, -0.2) is 50.2 Å². The van der Waals surface area contributed by atoms with Crippen molar-refractivity contribution in [3.05, 3.63) is 0 Å². The van der Waals surface area contributed by atoms with E-state index in [2.05, 4.69) is 10.2 Å². The Morgan fingerprint density at radius 1 is 1.47 bits per heavy atom. The molecule has 0 bridgehead atoms. The second-order valence-corrected chi connectivity index (χ2v) is 4.77. The molecule has 2 fully saturated rings. The minimum absolute atomic E-state index is 0. The van der Waals surface area contributed by atoms with Gasteiger partial charge in [-0.3, -0.25) is 4.79 Å². The van der Waals surface area contributed by atoms with Crippen LogP contribution in [0, 0.1) is 5.92 Å². The van der Waals surface area contributed by atoms with Crippen molar-refractivity contribution >= 4 is 18.3 Å². The molecule has 0 radical (unpaired) electrons. The lowest BCUT2D eigenvalue weighted by atomic mass is 9.86. The predicted octanol–water partition coefficient (Wildman–Crippen LogP) is 1.05. The number of fused-ring (bicyclic) bond motifs is 1. The van der Waals surface area contributed by atoms with Crippen LogP contribution in [0.1, 0.15) is 25.7 Å². The Morgan fingerprint density at radius 2 is 2.29 bits per heavy atom. The van der Waals surface area contributed by atoms with Crippen LogP contribution in [0.2, 0.25) is 0 Å². The van der Waals surface area contributed by atoms with E-state index in [1.807, 2.05) is 7.05 Å². The number of carbonyl (C=O) groups is 1. The maximum atomic E-state index is 12.1. The van der Waals surface area contributed by atoms with Gasteiger partial charge in [-0.2, -0.15) is 0 Å². The average Bonchev–Trinajstić information content (AvgIpc) is 2.35. The maximum absolute atomic E-state index is 12.1. The zero-order chi connectivity index (χ0) is 11.4. The lowest BCUT2D eigenvalue weighted by molar-refractivity contribution is -0.140. The van der Waals surface area contributed by atoms with Crippen molar-refractivity contribution in [2.45, 2.75) is 31.7 Å². The van der Waals surface area contributed by atoms with Crippen LogP contribution >= 0.6 is 12.4 Å². The molecule has 0 saturated carbocycles. The number of rotatable bonds is 3. The Kier molecular flexibility index (Phi) is 6.23. The molecule has 1 N–H and O–H groups in total.